The maximum atomic E-state index is 14.9. The van der Waals surface area contributed by atoms with Gasteiger partial charge >= 0.3 is 12.1 Å². The van der Waals surface area contributed by atoms with Crippen molar-refractivity contribution in [1.29, 1.82) is 0 Å². The van der Waals surface area contributed by atoms with Crippen LogP contribution in [-0.4, -0.2) is 155 Å². The van der Waals surface area contributed by atoms with E-state index in [1.54, 1.807) is 81.6 Å². The Kier molecular flexibility index (Phi) is 22.6. The highest BCUT2D eigenvalue weighted by molar-refractivity contribution is 8.76. The molecule has 77 heavy (non-hydrogen) atoms. The SMILES string of the molecule is C[C@@H](O)[C@@H]1NC(=O)[C@H](CCCCNC(=O)OC(C)(C)C)NC(=O)[C@@H](Cc2c[nH]c3ccccc23)NC(=O)[C@H](Cc2ccc(O)cc2)NC(=O)[C@@H](NC(=O)[C@@H](Cc2ccccc2)NS(C)(=O)=O)CSSC[C@@H](C(=O)O)NC1=O. The number of aliphatic carboxylic acids is 1. The van der Waals surface area contributed by atoms with Crippen LogP contribution in [0.1, 0.15) is 63.6 Å². The van der Waals surface area contributed by atoms with E-state index < -0.39 is 112 Å². The number of aliphatic hydroxyl groups excluding tert-OH is 1. The maximum Gasteiger partial charge on any atom is 0.407 e. The number of phenolic OH excluding ortho intramolecular Hbond substituents is 1. The van der Waals surface area contributed by atoms with E-state index in [2.05, 4.69) is 46.9 Å². The van der Waals surface area contributed by atoms with Crippen LogP contribution in [0.5, 0.6) is 5.75 Å². The Morgan fingerprint density at radius 3 is 2.01 bits per heavy atom. The van der Waals surface area contributed by atoms with Crippen LogP contribution in [0, 0.1) is 0 Å². The van der Waals surface area contributed by atoms with Gasteiger partial charge in [0.05, 0.1) is 12.4 Å². The van der Waals surface area contributed by atoms with Crippen LogP contribution < -0.4 is 41.9 Å². The van der Waals surface area contributed by atoms with Gasteiger partial charge in [-0.3, -0.25) is 28.8 Å². The Balaban J connectivity index is 1.56. The third-order valence-electron chi connectivity index (χ3n) is 11.8. The summed E-state index contributed by atoms with van der Waals surface area (Å²) in [6.07, 6.45) is -0.00185. The maximum absolute atomic E-state index is 14.9. The summed E-state index contributed by atoms with van der Waals surface area (Å²) in [4.78, 5) is 115. The zero-order valence-corrected chi connectivity index (χ0v) is 45.6. The lowest BCUT2D eigenvalue weighted by Gasteiger charge is -2.29. The van der Waals surface area contributed by atoms with Gasteiger partial charge in [0, 0.05) is 48.0 Å². The molecule has 0 bridgehead atoms. The van der Waals surface area contributed by atoms with Crippen molar-refractivity contribution in [2.45, 2.75) is 120 Å². The van der Waals surface area contributed by atoms with Crippen molar-refractivity contribution < 1.29 is 66.8 Å². The van der Waals surface area contributed by atoms with Gasteiger partial charge in [0.2, 0.25) is 45.5 Å². The summed E-state index contributed by atoms with van der Waals surface area (Å²) in [5, 5.41) is 50.0. The molecule has 1 saturated heterocycles. The van der Waals surface area contributed by atoms with Crippen molar-refractivity contribution in [3.8, 4) is 5.75 Å². The number of rotatable bonds is 17. The van der Waals surface area contributed by atoms with Crippen molar-refractivity contribution in [2.24, 2.45) is 0 Å². The molecule has 5 rings (SSSR count). The Bertz CT molecular complexity index is 2810. The number of aliphatic hydroxyl groups is 1. The number of aromatic hydroxyl groups is 1. The number of fused-ring (bicyclic) bond motifs is 1. The van der Waals surface area contributed by atoms with Crippen LogP contribution in [0.4, 0.5) is 4.79 Å². The predicted octanol–water partition coefficient (Wildman–Crippen LogP) is 1.28. The second kappa shape index (κ2) is 28.5. The van der Waals surface area contributed by atoms with E-state index in [4.69, 9.17) is 4.74 Å². The van der Waals surface area contributed by atoms with Crippen LogP contribution in [0.3, 0.4) is 0 Å². The van der Waals surface area contributed by atoms with Crippen molar-refractivity contribution in [3.63, 3.8) is 0 Å². The summed E-state index contributed by atoms with van der Waals surface area (Å²) in [7, 11) is -2.25. The van der Waals surface area contributed by atoms with Gasteiger partial charge in [0.15, 0.2) is 0 Å². The largest absolute Gasteiger partial charge is 0.508 e. The van der Waals surface area contributed by atoms with Gasteiger partial charge < -0.3 is 62.3 Å². The molecule has 8 atom stereocenters. The van der Waals surface area contributed by atoms with Crippen LogP contribution in [-0.2, 0) is 67.6 Å². The molecule has 1 aromatic heterocycles. The summed E-state index contributed by atoms with van der Waals surface area (Å²) >= 11 is 0. The number of unbranched alkanes of at least 4 members (excludes halogenated alkanes) is 1. The van der Waals surface area contributed by atoms with E-state index in [1.807, 2.05) is 0 Å². The average Bonchev–Trinajstić information content (AvgIpc) is 3.76. The molecule has 26 heteroatoms. The molecule has 3 aromatic carbocycles. The monoisotopic (exact) mass is 1130 g/mol. The molecular weight excluding hydrogens is 1060 g/mol. The number of carbonyl (C=O) groups is 8. The number of carbonyl (C=O) groups excluding carboxylic acids is 7. The Hall–Kier alpha value is -6.87. The van der Waals surface area contributed by atoms with E-state index in [-0.39, 0.29) is 62.3 Å². The van der Waals surface area contributed by atoms with Gasteiger partial charge in [-0.25, -0.2) is 22.7 Å². The van der Waals surface area contributed by atoms with Crippen LogP contribution >= 0.6 is 21.6 Å². The van der Waals surface area contributed by atoms with Gasteiger partial charge in [0.25, 0.3) is 0 Å². The molecular formula is C51H67N9O14S3. The van der Waals surface area contributed by atoms with Crippen LogP contribution in [0.25, 0.3) is 10.9 Å². The standard InChI is InChI=1S/C51H67N9O14S3/c1-29(61)42-48(68)58-41(49(69)70)28-76-75-27-40(57-46(66)39(60-77(5,72)73)24-30-13-7-6-8-14-30)47(67)55-37(23-31-18-20-33(62)21-19-31)44(64)56-38(25-32-26-53-35-16-10-9-15-34(32)35)45(65)54-36(43(63)59-42)17-11-12-22-52-50(71)74-51(2,3)4/h6-10,13-16,18-21,26,29,36-42,53,60-62H,11-12,17,22-25,27-28H2,1-5H3,(H,52,71)(H,54,65)(H,55,67)(H,56,64)(H,57,66)(H,58,68)(H,59,63)(H,69,70)/t29-,36+,37+,38-,39-,40+,41+,42+/m1/s1. The third kappa shape index (κ3) is 20.2. The molecule has 418 valence electrons. The number of benzene rings is 3. The fraction of sp³-hybridized carbons (Fsp3) is 0.451. The fourth-order valence-corrected chi connectivity index (χ4v) is 11.0. The minimum Gasteiger partial charge on any atom is -0.508 e. The number of H-pyrrole nitrogens is 1. The second-order valence-corrected chi connectivity index (χ2v) is 23.8. The van der Waals surface area contributed by atoms with E-state index in [0.717, 1.165) is 27.8 Å². The average molecular weight is 1130 g/mol. The first-order valence-corrected chi connectivity index (χ1v) is 29.0. The van der Waals surface area contributed by atoms with Gasteiger partial charge in [-0.15, -0.1) is 0 Å². The topological polar surface area (TPSA) is 353 Å². The molecule has 0 spiro atoms. The van der Waals surface area contributed by atoms with Gasteiger partial charge in [0.1, 0.15) is 53.6 Å². The lowest BCUT2D eigenvalue weighted by molar-refractivity contribution is -0.142. The summed E-state index contributed by atoms with van der Waals surface area (Å²) in [5.74, 6) is -8.00. The Morgan fingerprint density at radius 2 is 1.36 bits per heavy atom. The number of aromatic amines is 1. The number of nitrogens with one attached hydrogen (secondary N) is 9. The number of hydrogen-bond acceptors (Lipinski definition) is 15. The normalized spacial score (nSPS) is 21.5. The number of carboxylic acid groups (broad SMARTS) is 1. The highest BCUT2D eigenvalue weighted by Crippen LogP contribution is 2.25. The Morgan fingerprint density at radius 1 is 0.753 bits per heavy atom. The molecule has 1 aliphatic heterocycles. The molecule has 1 fully saturated rings. The summed E-state index contributed by atoms with van der Waals surface area (Å²) in [5.41, 5.74) is 1.50. The molecule has 23 nitrogen and oxygen atoms in total. The number of amides is 7. The smallest absolute Gasteiger partial charge is 0.407 e. The lowest BCUT2D eigenvalue weighted by Crippen LogP contribution is -2.62. The van der Waals surface area contributed by atoms with Crippen molar-refractivity contribution >= 4 is 90.0 Å². The Labute approximate surface area is 453 Å². The minimum atomic E-state index is -4.02. The number of phenols is 1. The molecule has 0 radical (unpaired) electrons. The molecule has 12 N–H and O–H groups in total. The minimum absolute atomic E-state index is 0.0960. The first-order chi connectivity index (χ1) is 36.3. The van der Waals surface area contributed by atoms with E-state index >= 15 is 0 Å². The molecule has 7 amide bonds. The second-order valence-electron chi connectivity index (χ2n) is 19.4. The molecule has 2 heterocycles. The van der Waals surface area contributed by atoms with Crippen molar-refractivity contribution in [2.75, 3.05) is 24.3 Å². The van der Waals surface area contributed by atoms with Gasteiger partial charge in [-0.2, -0.15) is 0 Å². The van der Waals surface area contributed by atoms with Gasteiger partial charge in [-0.05, 0) is 88.3 Å². The molecule has 0 saturated carbocycles. The fourth-order valence-electron chi connectivity index (χ4n) is 7.95. The zero-order valence-electron chi connectivity index (χ0n) is 43.1. The quantitative estimate of drug-likeness (QED) is 0.0523. The zero-order chi connectivity index (χ0) is 56.5. The highest BCUT2D eigenvalue weighted by atomic mass is 33.1. The molecule has 0 aliphatic carbocycles. The molecule has 4 aromatic rings. The summed E-state index contributed by atoms with van der Waals surface area (Å²) in [6, 6.07) is 10.5. The number of carboxylic acids is 1. The van der Waals surface area contributed by atoms with E-state index in [9.17, 15) is 62.1 Å². The van der Waals surface area contributed by atoms with Crippen LogP contribution in [0.15, 0.2) is 85.1 Å². The summed E-state index contributed by atoms with van der Waals surface area (Å²) < 4.78 is 32.7. The number of alkyl carbamates (subject to hydrolysis) is 1. The highest BCUT2D eigenvalue weighted by Gasteiger charge is 2.36. The lowest BCUT2D eigenvalue weighted by atomic mass is 10.0. The number of sulfonamides is 1. The van der Waals surface area contributed by atoms with E-state index in [1.165, 1.54) is 31.2 Å². The van der Waals surface area contributed by atoms with Crippen molar-refractivity contribution in [1.82, 2.24) is 46.9 Å². The number of para-hydroxylation sites is 1. The first-order valence-electron chi connectivity index (χ1n) is 24.6. The number of ether oxygens (including phenoxy) is 1. The molecule has 0 unspecified atom stereocenters. The summed E-state index contributed by atoms with van der Waals surface area (Å²) in [6.45, 7) is 6.38. The van der Waals surface area contributed by atoms with E-state index in [0.29, 0.717) is 27.6 Å². The van der Waals surface area contributed by atoms with Crippen molar-refractivity contribution in [3.05, 3.63) is 102 Å². The number of aromatic nitrogens is 1. The third-order valence-corrected chi connectivity index (χ3v) is 14.9. The predicted molar refractivity (Wildman–Crippen MR) is 290 cm³/mol. The van der Waals surface area contributed by atoms with Gasteiger partial charge in [-0.1, -0.05) is 82.3 Å². The van der Waals surface area contributed by atoms with Crippen LogP contribution in [0.2, 0.25) is 0 Å². The number of hydrogen-bond donors (Lipinski definition) is 12. The first kappa shape index (κ1) is 61.0. The molecule has 1 aliphatic rings.